The topological polar surface area (TPSA) is 85.1 Å². The maximum absolute atomic E-state index is 12.2. The van der Waals surface area contributed by atoms with Crippen LogP contribution >= 0.6 is 38.6 Å². The van der Waals surface area contributed by atoms with E-state index in [-0.39, 0.29) is 11.4 Å². The molecule has 0 aromatic carbocycles. The zero-order chi connectivity index (χ0) is 14.0. The molecular weight excluding hydrogens is 370 g/mol. The molecule has 0 spiro atoms. The van der Waals surface area contributed by atoms with Gasteiger partial charge in [-0.05, 0) is 28.9 Å². The summed E-state index contributed by atoms with van der Waals surface area (Å²) in [4.78, 5) is 6.05. The molecule has 0 aliphatic carbocycles. The molecule has 19 heavy (non-hydrogen) atoms. The molecule has 2 aromatic rings. The molecule has 2 rings (SSSR count). The minimum atomic E-state index is -3.54. The maximum Gasteiger partial charge on any atom is 0.242 e. The number of nitrogens with zero attached hydrogens (tertiary/aromatic N) is 1. The van der Waals surface area contributed by atoms with Crippen LogP contribution in [0.4, 0.5) is 0 Å². The molecule has 9 heteroatoms. The summed E-state index contributed by atoms with van der Waals surface area (Å²) in [6.07, 6.45) is 0. The third kappa shape index (κ3) is 3.41. The molecule has 0 aliphatic rings. The van der Waals surface area contributed by atoms with E-state index >= 15 is 0 Å². The first-order chi connectivity index (χ1) is 8.94. The van der Waals surface area contributed by atoms with E-state index in [1.165, 1.54) is 22.7 Å². The molecule has 0 unspecified atom stereocenters. The van der Waals surface area contributed by atoms with Crippen molar-refractivity contribution in [2.24, 2.45) is 5.73 Å². The molecule has 3 N–H and O–H groups in total. The monoisotopic (exact) mass is 381 g/mol. The molecule has 0 saturated heterocycles. The summed E-state index contributed by atoms with van der Waals surface area (Å²) < 4.78 is 27.5. The number of thiophene rings is 1. The van der Waals surface area contributed by atoms with Crippen molar-refractivity contribution in [1.29, 1.82) is 0 Å². The van der Waals surface area contributed by atoms with Crippen molar-refractivity contribution < 1.29 is 8.42 Å². The van der Waals surface area contributed by atoms with Gasteiger partial charge in [0, 0.05) is 22.8 Å². The molecule has 0 bridgehead atoms. The Kier molecular flexibility index (Phi) is 4.75. The number of rotatable bonds is 5. The second kappa shape index (κ2) is 5.98. The standard InChI is InChI=1S/C10H12BrN3O2S3/c1-6-8(17-5-13-6)4-14-19(15,16)9-2-7(3-12)18-10(9)11/h2,5,14H,3-4,12H2,1H3. The van der Waals surface area contributed by atoms with Crippen LogP contribution in [0.3, 0.4) is 0 Å². The molecule has 104 valence electrons. The van der Waals surface area contributed by atoms with Crippen molar-refractivity contribution in [2.45, 2.75) is 24.9 Å². The third-order valence-electron chi connectivity index (χ3n) is 2.46. The van der Waals surface area contributed by atoms with Gasteiger partial charge in [0.05, 0.1) is 15.0 Å². The van der Waals surface area contributed by atoms with Crippen molar-refractivity contribution >= 4 is 48.6 Å². The number of hydrogen-bond acceptors (Lipinski definition) is 6. The summed E-state index contributed by atoms with van der Waals surface area (Å²) in [7, 11) is -3.54. The number of sulfonamides is 1. The van der Waals surface area contributed by atoms with Crippen molar-refractivity contribution in [3.05, 3.63) is 30.8 Å². The lowest BCUT2D eigenvalue weighted by Crippen LogP contribution is -2.23. The maximum atomic E-state index is 12.2. The fraction of sp³-hybridized carbons (Fsp3) is 0.300. The third-order valence-corrected chi connectivity index (χ3v) is 7.08. The van der Waals surface area contributed by atoms with Gasteiger partial charge in [-0.25, -0.2) is 18.1 Å². The fourth-order valence-electron chi connectivity index (χ4n) is 1.42. The Morgan fingerprint density at radius 2 is 2.26 bits per heavy atom. The smallest absolute Gasteiger partial charge is 0.242 e. The summed E-state index contributed by atoms with van der Waals surface area (Å²) in [5.41, 5.74) is 8.06. The van der Waals surface area contributed by atoms with Gasteiger partial charge in [0.15, 0.2) is 0 Å². The Labute approximate surface area is 128 Å². The Balaban J connectivity index is 2.18. The van der Waals surface area contributed by atoms with Crippen LogP contribution in [0.25, 0.3) is 0 Å². The number of nitrogens with one attached hydrogen (secondary N) is 1. The molecule has 0 fully saturated rings. The Hall–Kier alpha value is -0.320. The predicted octanol–water partition coefficient (Wildman–Crippen LogP) is 2.21. The van der Waals surface area contributed by atoms with E-state index < -0.39 is 10.0 Å². The van der Waals surface area contributed by atoms with Crippen LogP contribution in [0, 0.1) is 6.92 Å². The van der Waals surface area contributed by atoms with Crippen molar-refractivity contribution in [3.8, 4) is 0 Å². The van der Waals surface area contributed by atoms with Gasteiger partial charge in [-0.15, -0.1) is 22.7 Å². The first-order valence-electron chi connectivity index (χ1n) is 5.31. The minimum Gasteiger partial charge on any atom is -0.326 e. The number of aryl methyl sites for hydroxylation is 1. The lowest BCUT2D eigenvalue weighted by atomic mass is 10.4. The average molecular weight is 382 g/mol. The van der Waals surface area contributed by atoms with Crippen LogP contribution in [0.1, 0.15) is 15.4 Å². The van der Waals surface area contributed by atoms with Gasteiger partial charge < -0.3 is 5.73 Å². The van der Waals surface area contributed by atoms with Crippen LogP contribution in [-0.4, -0.2) is 13.4 Å². The molecule has 2 heterocycles. The summed E-state index contributed by atoms with van der Waals surface area (Å²) in [5, 5.41) is 0. The van der Waals surface area contributed by atoms with Gasteiger partial charge in [-0.1, -0.05) is 0 Å². The van der Waals surface area contributed by atoms with Crippen molar-refractivity contribution in [3.63, 3.8) is 0 Å². The van der Waals surface area contributed by atoms with E-state index in [1.807, 2.05) is 6.92 Å². The number of thiazole rings is 1. The number of nitrogens with two attached hydrogens (primary N) is 1. The minimum absolute atomic E-state index is 0.236. The van der Waals surface area contributed by atoms with E-state index in [1.54, 1.807) is 11.6 Å². The Morgan fingerprint density at radius 3 is 2.79 bits per heavy atom. The van der Waals surface area contributed by atoms with Gasteiger partial charge in [0.2, 0.25) is 10.0 Å². The molecule has 0 radical (unpaired) electrons. The second-order valence-corrected chi connectivity index (χ2v) is 8.87. The van der Waals surface area contributed by atoms with E-state index in [0.717, 1.165) is 15.4 Å². The Bertz CT molecular complexity index is 678. The highest BCUT2D eigenvalue weighted by atomic mass is 79.9. The van der Waals surface area contributed by atoms with Gasteiger partial charge in [0.25, 0.3) is 0 Å². The quantitative estimate of drug-likeness (QED) is 0.831. The first kappa shape index (κ1) is 15.1. The number of halogens is 1. The van der Waals surface area contributed by atoms with Gasteiger partial charge in [0.1, 0.15) is 4.90 Å². The number of hydrogen-bond donors (Lipinski definition) is 2. The van der Waals surface area contributed by atoms with Gasteiger partial charge in [-0.3, -0.25) is 0 Å². The van der Waals surface area contributed by atoms with Crippen molar-refractivity contribution in [2.75, 3.05) is 0 Å². The first-order valence-corrected chi connectivity index (χ1v) is 9.28. The van der Waals surface area contributed by atoms with Crippen LogP contribution in [0.5, 0.6) is 0 Å². The molecule has 0 atom stereocenters. The summed E-state index contributed by atoms with van der Waals surface area (Å²) in [6.45, 7) is 2.43. The zero-order valence-electron chi connectivity index (χ0n) is 10.0. The van der Waals surface area contributed by atoms with Gasteiger partial charge >= 0.3 is 0 Å². The molecular formula is C10H12BrN3O2S3. The van der Waals surface area contributed by atoms with Crippen LogP contribution in [-0.2, 0) is 23.1 Å². The second-order valence-electron chi connectivity index (χ2n) is 3.74. The average Bonchev–Trinajstić information content (AvgIpc) is 2.93. The van der Waals surface area contributed by atoms with Crippen LogP contribution < -0.4 is 10.5 Å². The van der Waals surface area contributed by atoms with E-state index in [0.29, 0.717) is 10.3 Å². The Morgan fingerprint density at radius 1 is 1.53 bits per heavy atom. The largest absolute Gasteiger partial charge is 0.326 e. The molecule has 2 aromatic heterocycles. The molecule has 0 saturated carbocycles. The normalized spacial score (nSPS) is 11.9. The summed E-state index contributed by atoms with van der Waals surface area (Å²) >= 11 is 6.02. The molecule has 5 nitrogen and oxygen atoms in total. The summed E-state index contributed by atoms with van der Waals surface area (Å²) in [5.74, 6) is 0. The van der Waals surface area contributed by atoms with E-state index in [4.69, 9.17) is 5.73 Å². The highest BCUT2D eigenvalue weighted by molar-refractivity contribution is 9.11. The van der Waals surface area contributed by atoms with E-state index in [2.05, 4.69) is 25.6 Å². The fourth-order valence-corrected chi connectivity index (χ4v) is 5.78. The van der Waals surface area contributed by atoms with Crippen LogP contribution in [0.15, 0.2) is 20.3 Å². The SMILES string of the molecule is Cc1ncsc1CNS(=O)(=O)c1cc(CN)sc1Br. The van der Waals surface area contributed by atoms with Crippen LogP contribution in [0.2, 0.25) is 0 Å². The number of aromatic nitrogens is 1. The highest BCUT2D eigenvalue weighted by Crippen LogP contribution is 2.31. The molecule has 0 aliphatic heterocycles. The zero-order valence-corrected chi connectivity index (χ0v) is 14.0. The lowest BCUT2D eigenvalue weighted by Gasteiger charge is -2.04. The lowest BCUT2D eigenvalue weighted by molar-refractivity contribution is 0.581. The highest BCUT2D eigenvalue weighted by Gasteiger charge is 2.20. The van der Waals surface area contributed by atoms with Gasteiger partial charge in [-0.2, -0.15) is 0 Å². The molecule has 0 amide bonds. The van der Waals surface area contributed by atoms with E-state index in [9.17, 15) is 8.42 Å². The summed E-state index contributed by atoms with van der Waals surface area (Å²) in [6, 6.07) is 1.59. The van der Waals surface area contributed by atoms with Crippen molar-refractivity contribution in [1.82, 2.24) is 9.71 Å². The predicted molar refractivity (Wildman–Crippen MR) is 80.8 cm³/mol.